The second-order valence-corrected chi connectivity index (χ2v) is 4.35. The Bertz CT molecular complexity index is 76.4. The van der Waals surface area contributed by atoms with Gasteiger partial charge in [0, 0.05) is 0 Å². The standard InChI is InChI=1S/C12H26S.Mg.2H/c1-2-3-4-5-6-7-8-9-10-11-12-13;;;/h13H,2-12H2,1H3;;;. The van der Waals surface area contributed by atoms with E-state index in [0.29, 0.717) is 0 Å². The van der Waals surface area contributed by atoms with Crippen molar-refractivity contribution in [2.45, 2.75) is 71.1 Å². The summed E-state index contributed by atoms with van der Waals surface area (Å²) in [7, 11) is 0. The smallest absolute Gasteiger partial charge is 0.179 e. The molecule has 2 heteroatoms. The second kappa shape index (κ2) is 16.5. The molecular weight excluding hydrogens is 201 g/mol. The lowest BCUT2D eigenvalue weighted by Crippen LogP contribution is -1.81. The van der Waals surface area contributed by atoms with Crippen LogP contribution in [0.1, 0.15) is 71.1 Å². The topological polar surface area (TPSA) is 0 Å². The lowest BCUT2D eigenvalue weighted by molar-refractivity contribution is 0.563. The average Bonchev–Trinajstić information content (AvgIpc) is 2.16. The molecule has 0 saturated heterocycles. The monoisotopic (exact) mass is 228 g/mol. The molecule has 0 amide bonds. The lowest BCUT2D eigenvalue weighted by atomic mass is 10.1. The first-order chi connectivity index (χ1) is 6.41. The summed E-state index contributed by atoms with van der Waals surface area (Å²) in [5.41, 5.74) is 0. The molecule has 0 unspecified atom stereocenters. The minimum atomic E-state index is 0. The molecule has 84 valence electrons. The Labute approximate surface area is 112 Å². The van der Waals surface area contributed by atoms with Crippen LogP contribution in [-0.2, 0) is 0 Å². The molecule has 0 aromatic heterocycles. The molecule has 0 fully saturated rings. The Kier molecular flexibility index (Phi) is 20.7. The van der Waals surface area contributed by atoms with Crippen molar-refractivity contribution in [3.05, 3.63) is 0 Å². The molecule has 0 aliphatic rings. The zero-order valence-corrected chi connectivity index (χ0v) is 10.1. The van der Waals surface area contributed by atoms with E-state index in [0.717, 1.165) is 5.75 Å². The molecule has 0 aliphatic heterocycles. The number of unbranched alkanes of at least 4 members (excludes halogenated alkanes) is 9. The maximum atomic E-state index is 4.20. The van der Waals surface area contributed by atoms with Crippen molar-refractivity contribution < 1.29 is 0 Å². The Morgan fingerprint density at radius 2 is 1.00 bits per heavy atom. The summed E-state index contributed by atoms with van der Waals surface area (Å²) in [6, 6.07) is 0. The average molecular weight is 229 g/mol. The summed E-state index contributed by atoms with van der Waals surface area (Å²) in [5, 5.41) is 0. The van der Waals surface area contributed by atoms with Crippen LogP contribution in [0.25, 0.3) is 0 Å². The molecule has 0 atom stereocenters. The van der Waals surface area contributed by atoms with E-state index < -0.39 is 0 Å². The molecule has 0 aromatic carbocycles. The molecule has 14 heavy (non-hydrogen) atoms. The highest BCUT2D eigenvalue weighted by atomic mass is 32.1. The molecule has 0 bridgehead atoms. The van der Waals surface area contributed by atoms with E-state index in [1.54, 1.807) is 0 Å². The third kappa shape index (κ3) is 15.6. The van der Waals surface area contributed by atoms with Gasteiger partial charge < -0.3 is 0 Å². The first kappa shape index (κ1) is 17.5. The van der Waals surface area contributed by atoms with Crippen molar-refractivity contribution in [2.75, 3.05) is 5.75 Å². The van der Waals surface area contributed by atoms with Crippen LogP contribution in [0.15, 0.2) is 0 Å². The summed E-state index contributed by atoms with van der Waals surface area (Å²) >= 11 is 4.20. The van der Waals surface area contributed by atoms with Gasteiger partial charge in [0.25, 0.3) is 0 Å². The summed E-state index contributed by atoms with van der Waals surface area (Å²) in [4.78, 5) is 0. The maximum Gasteiger partial charge on any atom is 0.316 e. The summed E-state index contributed by atoms with van der Waals surface area (Å²) in [5.74, 6) is 1.07. The normalized spacial score (nSPS) is 9.86. The molecule has 0 aromatic rings. The van der Waals surface area contributed by atoms with Crippen molar-refractivity contribution in [1.82, 2.24) is 0 Å². The molecule has 0 N–H and O–H groups in total. The third-order valence-corrected chi connectivity index (χ3v) is 2.83. The fraction of sp³-hybridized carbons (Fsp3) is 1.00. The first-order valence-electron chi connectivity index (χ1n) is 6.02. The van der Waals surface area contributed by atoms with Gasteiger partial charge in [-0.2, -0.15) is 12.6 Å². The highest BCUT2D eigenvalue weighted by Gasteiger charge is 1.91. The maximum absolute atomic E-state index is 4.20. The Balaban J connectivity index is 0. The third-order valence-electron chi connectivity index (χ3n) is 2.51. The number of rotatable bonds is 10. The Morgan fingerprint density at radius 1 is 0.643 bits per heavy atom. The van der Waals surface area contributed by atoms with Gasteiger partial charge in [-0.05, 0) is 12.2 Å². The van der Waals surface area contributed by atoms with Crippen LogP contribution in [-0.4, -0.2) is 28.8 Å². The van der Waals surface area contributed by atoms with Crippen LogP contribution < -0.4 is 0 Å². The highest BCUT2D eigenvalue weighted by Crippen LogP contribution is 2.10. The minimum absolute atomic E-state index is 0. The van der Waals surface area contributed by atoms with Crippen molar-refractivity contribution in [3.8, 4) is 0 Å². The van der Waals surface area contributed by atoms with Crippen LogP contribution >= 0.6 is 12.6 Å². The van der Waals surface area contributed by atoms with Crippen LogP contribution in [0.5, 0.6) is 0 Å². The van der Waals surface area contributed by atoms with Crippen LogP contribution in [0.3, 0.4) is 0 Å². The highest BCUT2D eigenvalue weighted by molar-refractivity contribution is 7.80. The molecule has 0 aliphatic carbocycles. The van der Waals surface area contributed by atoms with E-state index in [4.69, 9.17) is 0 Å². The lowest BCUT2D eigenvalue weighted by Gasteiger charge is -2.00. The second-order valence-electron chi connectivity index (χ2n) is 3.91. The summed E-state index contributed by atoms with van der Waals surface area (Å²) in [6.45, 7) is 2.28. The summed E-state index contributed by atoms with van der Waals surface area (Å²) in [6.07, 6.45) is 14.2. The van der Waals surface area contributed by atoms with Gasteiger partial charge in [0.2, 0.25) is 0 Å². The minimum Gasteiger partial charge on any atom is -0.179 e. The van der Waals surface area contributed by atoms with Gasteiger partial charge in [-0.3, -0.25) is 0 Å². The van der Waals surface area contributed by atoms with E-state index in [1.807, 2.05) is 0 Å². The molecule has 0 rings (SSSR count). The van der Waals surface area contributed by atoms with E-state index in [1.165, 1.54) is 64.2 Å². The van der Waals surface area contributed by atoms with Gasteiger partial charge in [-0.25, -0.2) is 0 Å². The SMILES string of the molecule is CCCCCCCCCCCCS.[MgH2]. The Morgan fingerprint density at radius 3 is 1.36 bits per heavy atom. The van der Waals surface area contributed by atoms with E-state index in [2.05, 4.69) is 19.6 Å². The molecule has 0 radical (unpaired) electrons. The van der Waals surface area contributed by atoms with E-state index >= 15 is 0 Å². The van der Waals surface area contributed by atoms with E-state index in [9.17, 15) is 0 Å². The molecular formula is C12H28MgS. The van der Waals surface area contributed by atoms with Crippen molar-refractivity contribution in [3.63, 3.8) is 0 Å². The van der Waals surface area contributed by atoms with Crippen LogP contribution in [0, 0.1) is 0 Å². The molecule has 0 saturated carbocycles. The predicted octanol–water partition coefficient (Wildman–Crippen LogP) is 3.92. The predicted molar refractivity (Wildman–Crippen MR) is 74.2 cm³/mol. The van der Waals surface area contributed by atoms with E-state index in [-0.39, 0.29) is 23.1 Å². The van der Waals surface area contributed by atoms with Gasteiger partial charge in [-0.1, -0.05) is 64.7 Å². The fourth-order valence-electron chi connectivity index (χ4n) is 1.60. The van der Waals surface area contributed by atoms with Gasteiger partial charge in [-0.15, -0.1) is 0 Å². The fourth-order valence-corrected chi connectivity index (χ4v) is 1.82. The number of thiol groups is 1. The number of hydrogen-bond acceptors (Lipinski definition) is 1. The zero-order chi connectivity index (χ0) is 9.78. The van der Waals surface area contributed by atoms with Crippen LogP contribution in [0.4, 0.5) is 0 Å². The molecule has 0 heterocycles. The van der Waals surface area contributed by atoms with Gasteiger partial charge >= 0.3 is 23.1 Å². The first-order valence-corrected chi connectivity index (χ1v) is 6.66. The van der Waals surface area contributed by atoms with Gasteiger partial charge in [0.15, 0.2) is 0 Å². The van der Waals surface area contributed by atoms with Crippen molar-refractivity contribution in [1.29, 1.82) is 0 Å². The quantitative estimate of drug-likeness (QED) is 0.327. The number of hydrogen-bond donors (Lipinski definition) is 1. The molecule has 0 nitrogen and oxygen atoms in total. The van der Waals surface area contributed by atoms with Gasteiger partial charge in [0.1, 0.15) is 0 Å². The molecule has 0 spiro atoms. The Hall–Kier alpha value is 1.12. The largest absolute Gasteiger partial charge is 0.316 e. The van der Waals surface area contributed by atoms with Crippen molar-refractivity contribution >= 4 is 35.7 Å². The van der Waals surface area contributed by atoms with Crippen molar-refractivity contribution in [2.24, 2.45) is 0 Å². The van der Waals surface area contributed by atoms with Gasteiger partial charge in [0.05, 0.1) is 0 Å². The van der Waals surface area contributed by atoms with Crippen LogP contribution in [0.2, 0.25) is 0 Å². The summed E-state index contributed by atoms with van der Waals surface area (Å²) < 4.78 is 0. The zero-order valence-electron chi connectivity index (χ0n) is 9.23.